The summed E-state index contributed by atoms with van der Waals surface area (Å²) in [6, 6.07) is 6.69. The van der Waals surface area contributed by atoms with Gasteiger partial charge in [0.1, 0.15) is 0 Å². The Morgan fingerprint density at radius 2 is 1.94 bits per heavy atom. The van der Waals surface area contributed by atoms with Crippen molar-refractivity contribution in [1.29, 1.82) is 0 Å². The van der Waals surface area contributed by atoms with Crippen molar-refractivity contribution < 1.29 is 9.90 Å². The number of hydrogen-bond donors (Lipinski definition) is 2. The molecule has 1 aromatic carbocycles. The summed E-state index contributed by atoms with van der Waals surface area (Å²) in [7, 11) is 0. The van der Waals surface area contributed by atoms with Crippen molar-refractivity contribution in [2.24, 2.45) is 5.41 Å². The van der Waals surface area contributed by atoms with E-state index >= 15 is 0 Å². The number of aliphatic hydroxyl groups excluding tert-OH is 1. The van der Waals surface area contributed by atoms with Gasteiger partial charge in [-0.25, -0.2) is 0 Å². The Morgan fingerprint density at radius 1 is 1.38 bits per heavy atom. The maximum Gasteiger partial charge on any atom is 0.251 e. The number of hydrogen-bond acceptors (Lipinski definition) is 2. The molecule has 0 spiro atoms. The van der Waals surface area contributed by atoms with Crippen LogP contribution in [-0.4, -0.2) is 24.2 Å². The molecule has 0 fully saturated rings. The first-order valence-corrected chi connectivity index (χ1v) is 5.47. The van der Waals surface area contributed by atoms with Gasteiger partial charge in [0.2, 0.25) is 0 Å². The normalized spacial score (nSPS) is 11.2. The number of carbonyl (C=O) groups is 1. The number of carbonyl (C=O) groups excluding carboxylic acids is 1. The molecule has 0 atom stereocenters. The molecule has 0 aliphatic carbocycles. The highest BCUT2D eigenvalue weighted by atomic mass is 35.5. The van der Waals surface area contributed by atoms with Crippen molar-refractivity contribution in [3.05, 3.63) is 34.9 Å². The smallest absolute Gasteiger partial charge is 0.251 e. The van der Waals surface area contributed by atoms with Crippen molar-refractivity contribution in [1.82, 2.24) is 5.32 Å². The van der Waals surface area contributed by atoms with Crippen LogP contribution < -0.4 is 5.32 Å². The first-order chi connectivity index (χ1) is 7.44. The third kappa shape index (κ3) is 3.83. The van der Waals surface area contributed by atoms with Crippen molar-refractivity contribution in [3.8, 4) is 0 Å². The molecule has 3 nitrogen and oxygen atoms in total. The van der Waals surface area contributed by atoms with E-state index < -0.39 is 0 Å². The molecule has 0 aromatic heterocycles. The maximum atomic E-state index is 11.7. The minimum absolute atomic E-state index is 0.0356. The van der Waals surface area contributed by atoms with Crippen LogP contribution in [0.1, 0.15) is 24.2 Å². The first kappa shape index (κ1) is 13.0. The van der Waals surface area contributed by atoms with Crippen LogP contribution >= 0.6 is 11.6 Å². The molecule has 0 radical (unpaired) electrons. The van der Waals surface area contributed by atoms with E-state index in [1.807, 2.05) is 13.8 Å². The number of amides is 1. The van der Waals surface area contributed by atoms with Crippen molar-refractivity contribution >= 4 is 17.5 Å². The lowest BCUT2D eigenvalue weighted by atomic mass is 9.95. The number of aliphatic hydroxyl groups is 1. The summed E-state index contributed by atoms with van der Waals surface area (Å²) in [5.74, 6) is -0.154. The number of rotatable bonds is 4. The Balaban J connectivity index is 2.56. The minimum atomic E-state index is -0.303. The molecule has 0 saturated carbocycles. The summed E-state index contributed by atoms with van der Waals surface area (Å²) in [6.45, 7) is 4.24. The molecule has 1 rings (SSSR count). The summed E-state index contributed by atoms with van der Waals surface area (Å²) in [5.41, 5.74) is 0.264. The van der Waals surface area contributed by atoms with Crippen LogP contribution in [-0.2, 0) is 0 Å². The summed E-state index contributed by atoms with van der Waals surface area (Å²) >= 11 is 5.72. The van der Waals surface area contributed by atoms with Gasteiger partial charge in [-0.05, 0) is 24.3 Å². The zero-order valence-corrected chi connectivity index (χ0v) is 10.2. The molecule has 16 heavy (non-hydrogen) atoms. The van der Waals surface area contributed by atoms with Crippen molar-refractivity contribution in [2.45, 2.75) is 13.8 Å². The van der Waals surface area contributed by atoms with Gasteiger partial charge < -0.3 is 10.4 Å². The highest BCUT2D eigenvalue weighted by Crippen LogP contribution is 2.13. The number of nitrogens with one attached hydrogen (secondary N) is 1. The molecule has 0 unspecified atom stereocenters. The average Bonchev–Trinajstić information content (AvgIpc) is 2.27. The zero-order chi connectivity index (χ0) is 12.2. The van der Waals surface area contributed by atoms with Gasteiger partial charge >= 0.3 is 0 Å². The Bertz CT molecular complexity index is 360. The molecule has 4 heteroatoms. The van der Waals surface area contributed by atoms with E-state index in [0.29, 0.717) is 17.1 Å². The lowest BCUT2D eigenvalue weighted by molar-refractivity contribution is 0.0911. The molecule has 0 saturated heterocycles. The van der Waals surface area contributed by atoms with Crippen LogP contribution in [0.25, 0.3) is 0 Å². The second kappa shape index (κ2) is 5.32. The molecule has 88 valence electrons. The molecule has 1 amide bonds. The number of benzene rings is 1. The minimum Gasteiger partial charge on any atom is -0.396 e. The Labute approximate surface area is 100 Å². The zero-order valence-electron chi connectivity index (χ0n) is 9.46. The Kier molecular flexibility index (Phi) is 4.33. The van der Waals surface area contributed by atoms with E-state index in [2.05, 4.69) is 5.32 Å². The Morgan fingerprint density at radius 3 is 2.44 bits per heavy atom. The third-order valence-electron chi connectivity index (χ3n) is 2.26. The molecule has 0 aliphatic rings. The van der Waals surface area contributed by atoms with Crippen molar-refractivity contribution in [3.63, 3.8) is 0 Å². The predicted octanol–water partition coefficient (Wildman–Crippen LogP) is 2.09. The SMILES string of the molecule is CC(C)(CO)CNC(=O)c1ccc(Cl)cc1. The molecule has 0 bridgehead atoms. The fraction of sp³-hybridized carbons (Fsp3) is 0.417. The molecule has 1 aromatic rings. The highest BCUT2D eigenvalue weighted by Gasteiger charge is 2.17. The average molecular weight is 242 g/mol. The Hall–Kier alpha value is -1.06. The predicted molar refractivity (Wildman–Crippen MR) is 64.7 cm³/mol. The fourth-order valence-electron chi connectivity index (χ4n) is 1.08. The van der Waals surface area contributed by atoms with Gasteiger partial charge in [0.05, 0.1) is 0 Å². The van der Waals surface area contributed by atoms with Crippen LogP contribution in [0.2, 0.25) is 5.02 Å². The van der Waals surface area contributed by atoms with E-state index in [4.69, 9.17) is 16.7 Å². The summed E-state index contributed by atoms with van der Waals surface area (Å²) in [4.78, 5) is 11.7. The van der Waals surface area contributed by atoms with E-state index in [1.165, 1.54) is 0 Å². The quantitative estimate of drug-likeness (QED) is 0.848. The van der Waals surface area contributed by atoms with Crippen LogP contribution in [0.3, 0.4) is 0 Å². The lowest BCUT2D eigenvalue weighted by Crippen LogP contribution is -2.36. The fourth-order valence-corrected chi connectivity index (χ4v) is 1.20. The second-order valence-electron chi connectivity index (χ2n) is 4.51. The van der Waals surface area contributed by atoms with Crippen LogP contribution in [0.4, 0.5) is 0 Å². The van der Waals surface area contributed by atoms with Gasteiger partial charge in [-0.2, -0.15) is 0 Å². The molecular weight excluding hydrogens is 226 g/mol. The summed E-state index contributed by atoms with van der Waals surface area (Å²) < 4.78 is 0. The van der Waals surface area contributed by atoms with Gasteiger partial charge in [-0.3, -0.25) is 4.79 Å². The first-order valence-electron chi connectivity index (χ1n) is 5.09. The van der Waals surface area contributed by atoms with Gasteiger partial charge in [-0.1, -0.05) is 25.4 Å². The molecular formula is C12H16ClNO2. The van der Waals surface area contributed by atoms with Crippen LogP contribution in [0.5, 0.6) is 0 Å². The summed E-state index contributed by atoms with van der Waals surface area (Å²) in [6.07, 6.45) is 0. The van der Waals surface area contributed by atoms with Gasteiger partial charge in [0, 0.05) is 29.2 Å². The topological polar surface area (TPSA) is 49.3 Å². The third-order valence-corrected chi connectivity index (χ3v) is 2.51. The second-order valence-corrected chi connectivity index (χ2v) is 4.95. The highest BCUT2D eigenvalue weighted by molar-refractivity contribution is 6.30. The lowest BCUT2D eigenvalue weighted by Gasteiger charge is -2.21. The maximum absolute atomic E-state index is 11.7. The van der Waals surface area contributed by atoms with E-state index in [0.717, 1.165) is 0 Å². The largest absolute Gasteiger partial charge is 0.396 e. The summed E-state index contributed by atoms with van der Waals surface area (Å²) in [5, 5.41) is 12.4. The van der Waals surface area contributed by atoms with Crippen molar-refractivity contribution in [2.75, 3.05) is 13.2 Å². The van der Waals surface area contributed by atoms with Gasteiger partial charge in [-0.15, -0.1) is 0 Å². The van der Waals surface area contributed by atoms with Crippen LogP contribution in [0, 0.1) is 5.41 Å². The molecule has 2 N–H and O–H groups in total. The standard InChI is InChI=1S/C12H16ClNO2/c1-12(2,8-15)7-14-11(16)9-3-5-10(13)6-4-9/h3-6,15H,7-8H2,1-2H3,(H,14,16). The molecule has 0 aliphatic heterocycles. The van der Waals surface area contributed by atoms with E-state index in [1.54, 1.807) is 24.3 Å². The number of halogens is 1. The van der Waals surface area contributed by atoms with Crippen LogP contribution in [0.15, 0.2) is 24.3 Å². The monoisotopic (exact) mass is 241 g/mol. The van der Waals surface area contributed by atoms with E-state index in [9.17, 15) is 4.79 Å². The van der Waals surface area contributed by atoms with E-state index in [-0.39, 0.29) is 17.9 Å². The van der Waals surface area contributed by atoms with Gasteiger partial charge in [0.15, 0.2) is 0 Å². The molecule has 0 heterocycles. The van der Waals surface area contributed by atoms with Gasteiger partial charge in [0.25, 0.3) is 5.91 Å².